The van der Waals surface area contributed by atoms with Crippen LogP contribution in [0, 0.1) is 13.8 Å². The van der Waals surface area contributed by atoms with Crippen molar-refractivity contribution in [2.24, 2.45) is 0 Å². The largest absolute Gasteiger partial charge is 0.494 e. The molecule has 0 radical (unpaired) electrons. The fraction of sp³-hybridized carbons (Fsp3) is 0.400. The number of nitrogens with one attached hydrogen (secondary N) is 1. The molecule has 2 aromatic rings. The van der Waals surface area contributed by atoms with Crippen LogP contribution in [0.25, 0.3) is 0 Å². The van der Waals surface area contributed by atoms with Crippen molar-refractivity contribution in [3.05, 3.63) is 53.6 Å². The molecule has 0 heterocycles. The van der Waals surface area contributed by atoms with Crippen LogP contribution in [0.1, 0.15) is 30.9 Å². The Bertz CT molecular complexity index is 610. The molecule has 1 N–H and O–H groups in total. The fourth-order valence-electron chi connectivity index (χ4n) is 2.20. The van der Waals surface area contributed by atoms with E-state index in [4.69, 9.17) is 9.47 Å². The predicted molar refractivity (Wildman–Crippen MR) is 96.7 cm³/mol. The summed E-state index contributed by atoms with van der Waals surface area (Å²) in [5.41, 5.74) is 3.60. The van der Waals surface area contributed by atoms with Crippen molar-refractivity contribution in [2.45, 2.75) is 33.6 Å². The van der Waals surface area contributed by atoms with Gasteiger partial charge in [-0.3, -0.25) is 0 Å². The van der Waals surface area contributed by atoms with Crippen LogP contribution in [0.2, 0.25) is 0 Å². The lowest BCUT2D eigenvalue weighted by molar-refractivity contribution is 0.309. The van der Waals surface area contributed by atoms with Gasteiger partial charge in [0.2, 0.25) is 0 Å². The number of hydrogen-bond donors (Lipinski definition) is 1. The smallest absolute Gasteiger partial charge is 0.121 e. The summed E-state index contributed by atoms with van der Waals surface area (Å²) < 4.78 is 11.5. The highest BCUT2D eigenvalue weighted by atomic mass is 16.5. The molecule has 0 aliphatic rings. The van der Waals surface area contributed by atoms with Gasteiger partial charge in [-0.05, 0) is 55.7 Å². The third-order valence-electron chi connectivity index (χ3n) is 3.78. The Labute approximate surface area is 139 Å². The first-order valence-corrected chi connectivity index (χ1v) is 8.36. The van der Waals surface area contributed by atoms with Gasteiger partial charge in [0.1, 0.15) is 18.1 Å². The molecule has 0 fully saturated rings. The molecule has 0 aliphatic heterocycles. The first-order valence-electron chi connectivity index (χ1n) is 8.36. The summed E-state index contributed by atoms with van der Waals surface area (Å²) in [6.45, 7) is 8.53. The van der Waals surface area contributed by atoms with E-state index in [1.807, 2.05) is 30.3 Å². The summed E-state index contributed by atoms with van der Waals surface area (Å²) >= 11 is 0. The average Bonchev–Trinajstić information content (AvgIpc) is 2.55. The normalized spacial score (nSPS) is 10.4. The highest BCUT2D eigenvalue weighted by Crippen LogP contribution is 2.18. The molecular weight excluding hydrogens is 286 g/mol. The summed E-state index contributed by atoms with van der Waals surface area (Å²) in [6.07, 6.45) is 2.23. The number of anilines is 1. The number of ether oxygens (including phenoxy) is 2. The molecule has 0 aromatic heterocycles. The molecule has 0 saturated heterocycles. The standard InChI is InChI=1S/C20H27NO2/c1-4-5-12-22-19-8-6-7-18(15-19)21-11-13-23-20-10-9-16(2)17(3)14-20/h6-10,14-15,21H,4-5,11-13H2,1-3H3. The average molecular weight is 313 g/mol. The Morgan fingerprint density at radius 3 is 2.43 bits per heavy atom. The first kappa shape index (κ1) is 17.2. The van der Waals surface area contributed by atoms with E-state index in [0.29, 0.717) is 6.61 Å². The van der Waals surface area contributed by atoms with E-state index in [2.05, 4.69) is 38.2 Å². The van der Waals surface area contributed by atoms with Gasteiger partial charge < -0.3 is 14.8 Å². The number of aryl methyl sites for hydroxylation is 2. The van der Waals surface area contributed by atoms with Gasteiger partial charge in [-0.1, -0.05) is 25.5 Å². The minimum absolute atomic E-state index is 0.628. The van der Waals surface area contributed by atoms with Crippen LogP contribution >= 0.6 is 0 Å². The van der Waals surface area contributed by atoms with Crippen molar-refractivity contribution in [3.63, 3.8) is 0 Å². The molecule has 0 unspecified atom stereocenters. The van der Waals surface area contributed by atoms with Crippen LogP contribution < -0.4 is 14.8 Å². The van der Waals surface area contributed by atoms with Gasteiger partial charge in [0.15, 0.2) is 0 Å². The predicted octanol–water partition coefficient (Wildman–Crippen LogP) is 4.97. The summed E-state index contributed by atoms with van der Waals surface area (Å²) in [7, 11) is 0. The SMILES string of the molecule is CCCCOc1cccc(NCCOc2ccc(C)c(C)c2)c1. The molecule has 0 aliphatic carbocycles. The van der Waals surface area contributed by atoms with Gasteiger partial charge in [-0.15, -0.1) is 0 Å². The third-order valence-corrected chi connectivity index (χ3v) is 3.78. The number of benzene rings is 2. The molecule has 3 nitrogen and oxygen atoms in total. The van der Waals surface area contributed by atoms with Crippen molar-refractivity contribution >= 4 is 5.69 Å². The van der Waals surface area contributed by atoms with Gasteiger partial charge in [0.05, 0.1) is 6.61 Å². The molecule has 0 atom stereocenters. The van der Waals surface area contributed by atoms with Gasteiger partial charge in [-0.25, -0.2) is 0 Å². The Balaban J connectivity index is 1.75. The topological polar surface area (TPSA) is 30.5 Å². The molecule has 0 bridgehead atoms. The van der Waals surface area contributed by atoms with E-state index < -0.39 is 0 Å². The Kier molecular flexibility index (Phi) is 6.79. The van der Waals surface area contributed by atoms with Gasteiger partial charge >= 0.3 is 0 Å². The molecule has 124 valence electrons. The minimum atomic E-state index is 0.628. The zero-order chi connectivity index (χ0) is 16.5. The second kappa shape index (κ2) is 9.09. The molecule has 0 amide bonds. The Morgan fingerprint density at radius 1 is 0.870 bits per heavy atom. The Hall–Kier alpha value is -2.16. The maximum atomic E-state index is 5.78. The molecule has 23 heavy (non-hydrogen) atoms. The monoisotopic (exact) mass is 313 g/mol. The van der Waals surface area contributed by atoms with Crippen molar-refractivity contribution < 1.29 is 9.47 Å². The van der Waals surface area contributed by atoms with Crippen LogP contribution in [0.5, 0.6) is 11.5 Å². The number of hydrogen-bond acceptors (Lipinski definition) is 3. The summed E-state index contributed by atoms with van der Waals surface area (Å²) in [4.78, 5) is 0. The van der Waals surface area contributed by atoms with Crippen molar-refractivity contribution in [1.29, 1.82) is 0 Å². The van der Waals surface area contributed by atoms with Gasteiger partial charge in [-0.2, -0.15) is 0 Å². The third kappa shape index (κ3) is 5.85. The lowest BCUT2D eigenvalue weighted by Crippen LogP contribution is -2.11. The van der Waals surface area contributed by atoms with Gasteiger partial charge in [0.25, 0.3) is 0 Å². The maximum absolute atomic E-state index is 5.78. The minimum Gasteiger partial charge on any atom is -0.494 e. The highest BCUT2D eigenvalue weighted by Gasteiger charge is 1.99. The molecule has 0 saturated carbocycles. The summed E-state index contributed by atoms with van der Waals surface area (Å²) in [5, 5.41) is 3.37. The lowest BCUT2D eigenvalue weighted by Gasteiger charge is -2.11. The number of unbranched alkanes of at least 4 members (excludes halogenated alkanes) is 1. The van der Waals surface area contributed by atoms with E-state index in [9.17, 15) is 0 Å². The highest BCUT2D eigenvalue weighted by molar-refractivity contribution is 5.48. The Morgan fingerprint density at radius 2 is 1.65 bits per heavy atom. The molecule has 3 heteroatoms. The maximum Gasteiger partial charge on any atom is 0.121 e. The second-order valence-electron chi connectivity index (χ2n) is 5.75. The van der Waals surface area contributed by atoms with Crippen molar-refractivity contribution in [1.82, 2.24) is 0 Å². The van der Waals surface area contributed by atoms with E-state index in [0.717, 1.165) is 43.2 Å². The zero-order valence-electron chi connectivity index (χ0n) is 14.4. The van der Waals surface area contributed by atoms with Crippen LogP contribution in [-0.2, 0) is 0 Å². The fourth-order valence-corrected chi connectivity index (χ4v) is 2.20. The lowest BCUT2D eigenvalue weighted by atomic mass is 10.1. The van der Waals surface area contributed by atoms with E-state index in [1.54, 1.807) is 0 Å². The molecule has 2 aromatic carbocycles. The van der Waals surface area contributed by atoms with E-state index >= 15 is 0 Å². The second-order valence-corrected chi connectivity index (χ2v) is 5.75. The van der Waals surface area contributed by atoms with Crippen LogP contribution in [-0.4, -0.2) is 19.8 Å². The molecular formula is C20H27NO2. The van der Waals surface area contributed by atoms with E-state index in [-0.39, 0.29) is 0 Å². The zero-order valence-corrected chi connectivity index (χ0v) is 14.4. The van der Waals surface area contributed by atoms with Crippen LogP contribution in [0.3, 0.4) is 0 Å². The quantitative estimate of drug-likeness (QED) is 0.663. The molecule has 2 rings (SSSR count). The van der Waals surface area contributed by atoms with Crippen LogP contribution in [0.4, 0.5) is 5.69 Å². The van der Waals surface area contributed by atoms with Gasteiger partial charge in [0, 0.05) is 18.3 Å². The summed E-state index contributed by atoms with van der Waals surface area (Å²) in [5.74, 6) is 1.84. The number of rotatable bonds is 9. The molecule has 0 spiro atoms. The van der Waals surface area contributed by atoms with E-state index in [1.165, 1.54) is 11.1 Å². The van der Waals surface area contributed by atoms with Crippen molar-refractivity contribution in [3.8, 4) is 11.5 Å². The first-order chi connectivity index (χ1) is 11.2. The van der Waals surface area contributed by atoms with Crippen molar-refractivity contribution in [2.75, 3.05) is 25.1 Å². The summed E-state index contributed by atoms with van der Waals surface area (Å²) in [6, 6.07) is 14.3. The van der Waals surface area contributed by atoms with Crippen LogP contribution in [0.15, 0.2) is 42.5 Å².